The van der Waals surface area contributed by atoms with Crippen LogP contribution in [0.5, 0.6) is 11.5 Å². The van der Waals surface area contributed by atoms with Gasteiger partial charge in [0, 0.05) is 6.54 Å². The molecule has 0 aliphatic heterocycles. The van der Waals surface area contributed by atoms with Gasteiger partial charge in [-0.15, -0.1) is 0 Å². The van der Waals surface area contributed by atoms with Crippen LogP contribution in [0.3, 0.4) is 0 Å². The minimum atomic E-state index is 0.106. The fourth-order valence-electron chi connectivity index (χ4n) is 2.38. The van der Waals surface area contributed by atoms with E-state index in [1.54, 1.807) is 6.34 Å². The second kappa shape index (κ2) is 7.52. The highest BCUT2D eigenvalue weighted by atomic mass is 16.5. The number of ether oxygens (including phenoxy) is 1. The molecule has 0 spiro atoms. The molecule has 3 heteroatoms. The summed E-state index contributed by atoms with van der Waals surface area (Å²) in [6.07, 6.45) is 1.75. The Morgan fingerprint density at radius 1 is 1.08 bits per heavy atom. The average molecular weight is 324 g/mol. The van der Waals surface area contributed by atoms with Crippen molar-refractivity contribution in [2.24, 2.45) is 4.99 Å². The molecule has 0 aliphatic rings. The lowest BCUT2D eigenvalue weighted by Gasteiger charge is -2.20. The molecule has 3 nitrogen and oxygen atoms in total. The molecule has 24 heavy (non-hydrogen) atoms. The van der Waals surface area contributed by atoms with Gasteiger partial charge in [-0.05, 0) is 67.1 Å². The Hall–Kier alpha value is -2.29. The molecule has 0 fully saturated rings. The van der Waals surface area contributed by atoms with Gasteiger partial charge in [0.25, 0.3) is 0 Å². The number of rotatable bonds is 5. The lowest BCUT2D eigenvalue weighted by Crippen LogP contribution is -2.10. The largest absolute Gasteiger partial charge is 0.457 e. The van der Waals surface area contributed by atoms with Crippen molar-refractivity contribution in [3.8, 4) is 11.5 Å². The third kappa shape index (κ3) is 4.60. The van der Waals surface area contributed by atoms with Crippen molar-refractivity contribution in [2.45, 2.75) is 47.0 Å². The number of aliphatic imine (C=N–C) groups is 1. The number of benzene rings is 2. The van der Waals surface area contributed by atoms with Crippen LogP contribution in [-0.4, -0.2) is 12.9 Å². The van der Waals surface area contributed by atoms with Crippen LogP contribution in [-0.2, 0) is 5.41 Å². The molecule has 2 aromatic rings. The Labute approximate surface area is 145 Å². The third-order valence-corrected chi connectivity index (χ3v) is 3.92. The molecule has 0 saturated heterocycles. The number of aryl methyl sites for hydroxylation is 2. The summed E-state index contributed by atoms with van der Waals surface area (Å²) in [4.78, 5) is 4.46. The van der Waals surface area contributed by atoms with Gasteiger partial charge < -0.3 is 10.1 Å². The molecule has 128 valence electrons. The van der Waals surface area contributed by atoms with Gasteiger partial charge in [-0.1, -0.05) is 32.9 Å². The van der Waals surface area contributed by atoms with Gasteiger partial charge in [0.05, 0.1) is 12.0 Å². The van der Waals surface area contributed by atoms with Crippen LogP contribution in [0.15, 0.2) is 41.4 Å². The fraction of sp³-hybridized carbons (Fsp3) is 0.381. The molecule has 0 heterocycles. The molecule has 2 rings (SSSR count). The van der Waals surface area contributed by atoms with Crippen LogP contribution < -0.4 is 10.1 Å². The first kappa shape index (κ1) is 18.1. The minimum absolute atomic E-state index is 0.106. The van der Waals surface area contributed by atoms with E-state index in [4.69, 9.17) is 4.74 Å². The molecule has 0 amide bonds. The number of hydrogen-bond acceptors (Lipinski definition) is 2. The van der Waals surface area contributed by atoms with E-state index in [1.807, 2.05) is 19.1 Å². The van der Waals surface area contributed by atoms with Crippen molar-refractivity contribution in [1.29, 1.82) is 0 Å². The Kier molecular flexibility index (Phi) is 5.66. The predicted octanol–water partition coefficient (Wildman–Crippen LogP) is 5.66. The zero-order valence-corrected chi connectivity index (χ0v) is 15.6. The first-order valence-electron chi connectivity index (χ1n) is 8.47. The van der Waals surface area contributed by atoms with E-state index in [-0.39, 0.29) is 5.41 Å². The molecular formula is C21H28N2O. The van der Waals surface area contributed by atoms with E-state index in [2.05, 4.69) is 69.2 Å². The lowest BCUT2D eigenvalue weighted by molar-refractivity contribution is 0.474. The fourth-order valence-corrected chi connectivity index (χ4v) is 2.38. The zero-order valence-electron chi connectivity index (χ0n) is 15.6. The minimum Gasteiger partial charge on any atom is -0.457 e. The van der Waals surface area contributed by atoms with Crippen LogP contribution >= 0.6 is 0 Å². The third-order valence-electron chi connectivity index (χ3n) is 3.92. The summed E-state index contributed by atoms with van der Waals surface area (Å²) in [7, 11) is 0. The highest BCUT2D eigenvalue weighted by molar-refractivity contribution is 5.64. The van der Waals surface area contributed by atoms with E-state index in [0.717, 1.165) is 34.9 Å². The van der Waals surface area contributed by atoms with Crippen LogP contribution in [0.2, 0.25) is 0 Å². The molecule has 0 unspecified atom stereocenters. The summed E-state index contributed by atoms with van der Waals surface area (Å²) in [6, 6.07) is 12.4. The second-order valence-corrected chi connectivity index (χ2v) is 7.10. The van der Waals surface area contributed by atoms with Crippen LogP contribution in [0, 0.1) is 13.8 Å². The zero-order chi connectivity index (χ0) is 17.7. The molecule has 0 atom stereocenters. The van der Waals surface area contributed by atoms with Gasteiger partial charge in [-0.3, -0.25) is 0 Å². The Balaban J connectivity index is 2.26. The first-order valence-corrected chi connectivity index (χ1v) is 8.47. The summed E-state index contributed by atoms with van der Waals surface area (Å²) in [5.41, 5.74) is 4.50. The molecular weight excluding hydrogens is 296 g/mol. The van der Waals surface area contributed by atoms with Crippen molar-refractivity contribution in [3.05, 3.63) is 53.1 Å². The maximum Gasteiger partial charge on any atom is 0.130 e. The first-order chi connectivity index (χ1) is 11.3. The van der Waals surface area contributed by atoms with Gasteiger partial charge in [0.15, 0.2) is 0 Å². The number of hydrogen-bond donors (Lipinski definition) is 1. The topological polar surface area (TPSA) is 33.6 Å². The van der Waals surface area contributed by atoms with Crippen molar-refractivity contribution in [2.75, 3.05) is 6.54 Å². The average Bonchev–Trinajstić information content (AvgIpc) is 2.51. The van der Waals surface area contributed by atoms with Crippen LogP contribution in [0.1, 0.15) is 44.4 Å². The monoisotopic (exact) mass is 324 g/mol. The number of nitrogens with one attached hydrogen (secondary N) is 1. The van der Waals surface area contributed by atoms with Gasteiger partial charge >= 0.3 is 0 Å². The molecule has 0 bridgehead atoms. The van der Waals surface area contributed by atoms with Crippen LogP contribution in [0.25, 0.3) is 0 Å². The Morgan fingerprint density at radius 3 is 2.50 bits per heavy atom. The summed E-state index contributed by atoms with van der Waals surface area (Å²) >= 11 is 0. The normalized spacial score (nSPS) is 11.8. The van der Waals surface area contributed by atoms with Crippen molar-refractivity contribution in [1.82, 2.24) is 5.32 Å². The maximum absolute atomic E-state index is 6.14. The van der Waals surface area contributed by atoms with Gasteiger partial charge in [-0.2, -0.15) is 0 Å². The van der Waals surface area contributed by atoms with Crippen molar-refractivity contribution in [3.63, 3.8) is 0 Å². The summed E-state index contributed by atoms with van der Waals surface area (Å²) in [5.74, 6) is 1.75. The lowest BCUT2D eigenvalue weighted by atomic mass is 9.87. The molecule has 0 aromatic heterocycles. The standard InChI is InChI=1S/C21H28N2O/c1-7-22-14-23-19-11-16(3)20(12-15(19)2)24-18-10-8-9-17(13-18)21(4,5)6/h8-14H,7H2,1-6H3,(H,22,23). The SMILES string of the molecule is CCNC=Nc1cc(C)c(Oc2cccc(C(C)(C)C)c2)cc1C. The smallest absolute Gasteiger partial charge is 0.130 e. The van der Waals surface area contributed by atoms with E-state index in [0.29, 0.717) is 0 Å². The molecule has 0 aliphatic carbocycles. The summed E-state index contributed by atoms with van der Waals surface area (Å²) in [5, 5.41) is 3.10. The highest BCUT2D eigenvalue weighted by Gasteiger charge is 2.14. The Morgan fingerprint density at radius 2 is 1.83 bits per heavy atom. The van der Waals surface area contributed by atoms with E-state index in [1.165, 1.54) is 5.56 Å². The van der Waals surface area contributed by atoms with Crippen molar-refractivity contribution >= 4 is 12.0 Å². The summed E-state index contributed by atoms with van der Waals surface area (Å²) < 4.78 is 6.14. The van der Waals surface area contributed by atoms with E-state index < -0.39 is 0 Å². The van der Waals surface area contributed by atoms with Crippen molar-refractivity contribution < 1.29 is 4.74 Å². The molecule has 0 saturated carbocycles. The van der Waals surface area contributed by atoms with Gasteiger partial charge in [0.2, 0.25) is 0 Å². The predicted molar refractivity (Wildman–Crippen MR) is 103 cm³/mol. The molecule has 0 radical (unpaired) electrons. The highest BCUT2D eigenvalue weighted by Crippen LogP contribution is 2.33. The van der Waals surface area contributed by atoms with Crippen LogP contribution in [0.4, 0.5) is 5.69 Å². The second-order valence-electron chi connectivity index (χ2n) is 7.10. The maximum atomic E-state index is 6.14. The van der Waals surface area contributed by atoms with Gasteiger partial charge in [0.1, 0.15) is 11.5 Å². The quantitative estimate of drug-likeness (QED) is 0.568. The Bertz CT molecular complexity index is 727. The number of nitrogens with zero attached hydrogens (tertiary/aromatic N) is 1. The molecule has 2 aromatic carbocycles. The molecule has 1 N–H and O–H groups in total. The summed E-state index contributed by atoms with van der Waals surface area (Å²) in [6.45, 7) is 13.6. The van der Waals surface area contributed by atoms with E-state index >= 15 is 0 Å². The van der Waals surface area contributed by atoms with E-state index in [9.17, 15) is 0 Å². The van der Waals surface area contributed by atoms with Gasteiger partial charge in [-0.25, -0.2) is 4.99 Å².